The number of rotatable bonds is 7. The molecule has 1 saturated heterocycles. The van der Waals surface area contributed by atoms with E-state index in [0.717, 1.165) is 37.7 Å². The number of carbonyl (C=O) groups excluding carboxylic acids is 3. The quantitative estimate of drug-likeness (QED) is 0.731. The predicted octanol–water partition coefficient (Wildman–Crippen LogP) is 2.46. The van der Waals surface area contributed by atoms with E-state index in [9.17, 15) is 14.4 Å². The van der Waals surface area contributed by atoms with Crippen molar-refractivity contribution >= 4 is 17.8 Å². The first kappa shape index (κ1) is 20.4. The number of esters is 1. The van der Waals surface area contributed by atoms with Gasteiger partial charge in [-0.15, -0.1) is 0 Å². The van der Waals surface area contributed by atoms with Crippen molar-refractivity contribution in [3.8, 4) is 0 Å². The van der Waals surface area contributed by atoms with Gasteiger partial charge in [0.2, 0.25) is 5.91 Å². The molecule has 2 fully saturated rings. The Morgan fingerprint density at radius 3 is 2.61 bits per heavy atom. The Bertz CT molecular complexity index is 685. The Morgan fingerprint density at radius 1 is 1.18 bits per heavy atom. The van der Waals surface area contributed by atoms with Crippen LogP contribution in [-0.4, -0.2) is 47.9 Å². The largest absolute Gasteiger partial charge is 0.452 e. The number of likely N-dealkylation sites (tertiary alicyclic amines) is 1. The number of ether oxygens (including phenoxy) is 1. The van der Waals surface area contributed by atoms with E-state index >= 15 is 0 Å². The topological polar surface area (TPSA) is 75.7 Å². The Morgan fingerprint density at radius 2 is 1.89 bits per heavy atom. The smallest absolute Gasteiger partial charge is 0.312 e. The van der Waals surface area contributed by atoms with Crippen LogP contribution in [0.25, 0.3) is 0 Å². The molecule has 1 aromatic carbocycles. The summed E-state index contributed by atoms with van der Waals surface area (Å²) in [6.45, 7) is 2.55. The lowest BCUT2D eigenvalue weighted by molar-refractivity contribution is -0.158. The molecule has 2 aliphatic rings. The molecule has 1 N–H and O–H groups in total. The molecule has 1 aliphatic heterocycles. The summed E-state index contributed by atoms with van der Waals surface area (Å²) in [5.41, 5.74) is 1.16. The summed E-state index contributed by atoms with van der Waals surface area (Å²) in [4.78, 5) is 38.7. The normalized spacial score (nSPS) is 21.4. The Kier molecular flexibility index (Phi) is 7.06. The molecule has 1 aromatic rings. The molecular weight excluding hydrogens is 356 g/mol. The van der Waals surface area contributed by atoms with Crippen molar-refractivity contribution in [1.82, 2.24) is 10.2 Å². The molecular formula is C22H30N2O4. The summed E-state index contributed by atoms with van der Waals surface area (Å²) in [5.74, 6) is -1.22. The standard InChI is InChI=1S/C22H30N2O4/c1-16(21(26)23-19-10-6-3-7-11-19)28-22(27)18-14-20(25)24(15-18)13-12-17-8-4-2-5-9-17/h2,4-5,8-9,16,18-19H,3,6-7,10-15H2,1H3,(H,23,26)/t16-,18-/m0/s1. The van der Waals surface area contributed by atoms with Gasteiger partial charge in [0, 0.05) is 25.6 Å². The maximum Gasteiger partial charge on any atom is 0.312 e. The fraction of sp³-hybridized carbons (Fsp3) is 0.591. The van der Waals surface area contributed by atoms with E-state index in [4.69, 9.17) is 4.74 Å². The van der Waals surface area contributed by atoms with Crippen LogP contribution < -0.4 is 5.32 Å². The lowest BCUT2D eigenvalue weighted by atomic mass is 9.95. The molecule has 0 spiro atoms. The Labute approximate surface area is 166 Å². The second-order valence-electron chi connectivity index (χ2n) is 7.90. The molecule has 0 unspecified atom stereocenters. The summed E-state index contributed by atoms with van der Waals surface area (Å²) >= 11 is 0. The maximum absolute atomic E-state index is 12.4. The van der Waals surface area contributed by atoms with Gasteiger partial charge < -0.3 is 15.0 Å². The second-order valence-corrected chi connectivity index (χ2v) is 7.90. The molecule has 0 bridgehead atoms. The minimum Gasteiger partial charge on any atom is -0.452 e. The molecule has 152 valence electrons. The third-order valence-corrected chi connectivity index (χ3v) is 5.67. The number of amides is 2. The molecule has 0 aromatic heterocycles. The van der Waals surface area contributed by atoms with Gasteiger partial charge in [-0.05, 0) is 31.7 Å². The summed E-state index contributed by atoms with van der Waals surface area (Å²) in [7, 11) is 0. The van der Waals surface area contributed by atoms with Gasteiger partial charge in [0.05, 0.1) is 5.92 Å². The maximum atomic E-state index is 12.4. The highest BCUT2D eigenvalue weighted by Crippen LogP contribution is 2.21. The van der Waals surface area contributed by atoms with Gasteiger partial charge in [0.1, 0.15) is 0 Å². The fourth-order valence-electron chi connectivity index (χ4n) is 3.94. The molecule has 2 amide bonds. The van der Waals surface area contributed by atoms with Crippen molar-refractivity contribution in [2.75, 3.05) is 13.1 Å². The number of hydrogen-bond acceptors (Lipinski definition) is 4. The van der Waals surface area contributed by atoms with Crippen molar-refractivity contribution in [3.05, 3.63) is 35.9 Å². The van der Waals surface area contributed by atoms with Crippen molar-refractivity contribution in [1.29, 1.82) is 0 Å². The molecule has 0 radical (unpaired) electrons. The van der Waals surface area contributed by atoms with E-state index in [1.54, 1.807) is 11.8 Å². The van der Waals surface area contributed by atoms with Gasteiger partial charge in [-0.25, -0.2) is 0 Å². The summed E-state index contributed by atoms with van der Waals surface area (Å²) in [6.07, 6.45) is 5.53. The molecule has 1 saturated carbocycles. The zero-order valence-corrected chi connectivity index (χ0v) is 16.6. The summed E-state index contributed by atoms with van der Waals surface area (Å²) in [5, 5.41) is 2.98. The highest BCUT2D eigenvalue weighted by Gasteiger charge is 2.36. The minimum absolute atomic E-state index is 0.0304. The molecule has 1 aliphatic carbocycles. The summed E-state index contributed by atoms with van der Waals surface area (Å²) in [6, 6.07) is 10.1. The van der Waals surface area contributed by atoms with Gasteiger partial charge in [0.15, 0.2) is 6.10 Å². The van der Waals surface area contributed by atoms with Gasteiger partial charge in [-0.1, -0.05) is 49.6 Å². The van der Waals surface area contributed by atoms with Crippen molar-refractivity contribution < 1.29 is 19.1 Å². The molecule has 6 heteroatoms. The van der Waals surface area contributed by atoms with Crippen molar-refractivity contribution in [2.24, 2.45) is 5.92 Å². The zero-order valence-electron chi connectivity index (χ0n) is 16.6. The highest BCUT2D eigenvalue weighted by molar-refractivity contribution is 5.89. The van der Waals surface area contributed by atoms with Crippen LogP contribution in [0.4, 0.5) is 0 Å². The number of benzene rings is 1. The molecule has 3 rings (SSSR count). The van der Waals surface area contributed by atoms with Crippen LogP contribution in [0.5, 0.6) is 0 Å². The third-order valence-electron chi connectivity index (χ3n) is 5.67. The van der Waals surface area contributed by atoms with Gasteiger partial charge in [-0.3, -0.25) is 14.4 Å². The zero-order chi connectivity index (χ0) is 19.9. The van der Waals surface area contributed by atoms with Crippen LogP contribution >= 0.6 is 0 Å². The van der Waals surface area contributed by atoms with Gasteiger partial charge in [-0.2, -0.15) is 0 Å². The van der Waals surface area contributed by atoms with Crippen LogP contribution in [0, 0.1) is 5.92 Å². The molecule has 28 heavy (non-hydrogen) atoms. The number of nitrogens with zero attached hydrogens (tertiary/aromatic N) is 1. The second kappa shape index (κ2) is 9.71. The number of nitrogens with one attached hydrogen (secondary N) is 1. The summed E-state index contributed by atoms with van der Waals surface area (Å²) < 4.78 is 5.37. The molecule has 1 heterocycles. The van der Waals surface area contributed by atoms with E-state index in [2.05, 4.69) is 5.32 Å². The van der Waals surface area contributed by atoms with Crippen molar-refractivity contribution in [3.63, 3.8) is 0 Å². The Balaban J connectivity index is 1.43. The van der Waals surface area contributed by atoms with E-state index in [0.29, 0.717) is 13.1 Å². The van der Waals surface area contributed by atoms with Crippen LogP contribution in [0.2, 0.25) is 0 Å². The average Bonchev–Trinajstić information content (AvgIpc) is 3.08. The SMILES string of the molecule is C[C@H](OC(=O)[C@H]1CC(=O)N(CCc2ccccc2)C1)C(=O)NC1CCCCC1. The highest BCUT2D eigenvalue weighted by atomic mass is 16.5. The predicted molar refractivity (Wildman–Crippen MR) is 105 cm³/mol. The minimum atomic E-state index is -0.831. The van der Waals surface area contributed by atoms with Gasteiger partial charge in [0.25, 0.3) is 5.91 Å². The lowest BCUT2D eigenvalue weighted by Gasteiger charge is -2.24. The third kappa shape index (κ3) is 5.57. The van der Waals surface area contributed by atoms with E-state index in [1.807, 2.05) is 30.3 Å². The van der Waals surface area contributed by atoms with Gasteiger partial charge >= 0.3 is 5.97 Å². The number of hydrogen-bond donors (Lipinski definition) is 1. The van der Waals surface area contributed by atoms with Crippen molar-refractivity contribution in [2.45, 2.75) is 64.0 Å². The van der Waals surface area contributed by atoms with E-state index in [1.165, 1.54) is 6.42 Å². The van der Waals surface area contributed by atoms with E-state index < -0.39 is 18.0 Å². The Hall–Kier alpha value is -2.37. The van der Waals surface area contributed by atoms with Crippen LogP contribution in [0.15, 0.2) is 30.3 Å². The first-order valence-electron chi connectivity index (χ1n) is 10.4. The lowest BCUT2D eigenvalue weighted by Crippen LogP contribution is -2.43. The monoisotopic (exact) mass is 386 g/mol. The van der Waals surface area contributed by atoms with E-state index in [-0.39, 0.29) is 24.3 Å². The van der Waals surface area contributed by atoms with Crippen LogP contribution in [0.3, 0.4) is 0 Å². The number of carbonyl (C=O) groups is 3. The first-order valence-corrected chi connectivity index (χ1v) is 10.4. The van der Waals surface area contributed by atoms with Crippen LogP contribution in [-0.2, 0) is 25.5 Å². The fourth-order valence-corrected chi connectivity index (χ4v) is 3.94. The van der Waals surface area contributed by atoms with Crippen LogP contribution in [0.1, 0.15) is 51.0 Å². The first-order chi connectivity index (χ1) is 13.5. The molecule has 6 nitrogen and oxygen atoms in total. The molecule has 2 atom stereocenters. The average molecular weight is 386 g/mol.